The van der Waals surface area contributed by atoms with Crippen LogP contribution < -0.4 is 4.72 Å². The van der Waals surface area contributed by atoms with Crippen molar-refractivity contribution >= 4 is 33.2 Å². The predicted octanol–water partition coefficient (Wildman–Crippen LogP) is 4.09. The second-order valence-corrected chi connectivity index (χ2v) is 7.39. The average molecular weight is 344 g/mol. The van der Waals surface area contributed by atoms with Gasteiger partial charge in [0.1, 0.15) is 0 Å². The maximum atomic E-state index is 12.4. The Bertz CT molecular complexity index is 773. The zero-order valence-electron chi connectivity index (χ0n) is 11.7. The van der Waals surface area contributed by atoms with Crippen molar-refractivity contribution in [2.24, 2.45) is 0 Å². The van der Waals surface area contributed by atoms with E-state index in [2.05, 4.69) is 4.72 Å². The fourth-order valence-corrected chi connectivity index (χ4v) is 3.57. The lowest BCUT2D eigenvalue weighted by atomic mass is 10.2. The first-order valence-corrected chi connectivity index (χ1v) is 8.54. The lowest BCUT2D eigenvalue weighted by molar-refractivity contribution is 0.580. The highest BCUT2D eigenvalue weighted by Gasteiger charge is 2.16. The number of hydrogen-bond acceptors (Lipinski definition) is 2. The summed E-state index contributed by atoms with van der Waals surface area (Å²) >= 11 is 11.8. The van der Waals surface area contributed by atoms with E-state index in [9.17, 15) is 8.42 Å². The van der Waals surface area contributed by atoms with Gasteiger partial charge in [-0.25, -0.2) is 13.1 Å². The molecule has 0 radical (unpaired) electrons. The number of nitrogens with one attached hydrogen (secondary N) is 1. The molecule has 21 heavy (non-hydrogen) atoms. The molecule has 0 aliphatic heterocycles. The van der Waals surface area contributed by atoms with Crippen molar-refractivity contribution in [1.29, 1.82) is 0 Å². The van der Waals surface area contributed by atoms with Crippen LogP contribution in [0.4, 0.5) is 0 Å². The van der Waals surface area contributed by atoms with Crippen molar-refractivity contribution < 1.29 is 8.42 Å². The van der Waals surface area contributed by atoms with Gasteiger partial charge in [-0.05, 0) is 48.7 Å². The number of aryl methyl sites for hydroxylation is 2. The third-order valence-corrected chi connectivity index (χ3v) is 5.37. The van der Waals surface area contributed by atoms with Gasteiger partial charge in [-0.2, -0.15) is 0 Å². The average Bonchev–Trinajstić information content (AvgIpc) is 2.43. The summed E-state index contributed by atoms with van der Waals surface area (Å²) in [6.45, 7) is 3.79. The van der Waals surface area contributed by atoms with Gasteiger partial charge in [-0.1, -0.05) is 41.4 Å². The molecule has 0 bridgehead atoms. The summed E-state index contributed by atoms with van der Waals surface area (Å²) in [6, 6.07) is 10.4. The van der Waals surface area contributed by atoms with Crippen molar-refractivity contribution in [3.63, 3.8) is 0 Å². The molecular formula is C15H15Cl2NO2S. The normalized spacial score (nSPS) is 11.6. The first-order valence-electron chi connectivity index (χ1n) is 6.30. The Morgan fingerprint density at radius 1 is 1.00 bits per heavy atom. The summed E-state index contributed by atoms with van der Waals surface area (Å²) in [7, 11) is -3.56. The molecule has 0 aromatic heterocycles. The van der Waals surface area contributed by atoms with Gasteiger partial charge < -0.3 is 0 Å². The van der Waals surface area contributed by atoms with E-state index in [-0.39, 0.29) is 6.54 Å². The van der Waals surface area contributed by atoms with Crippen molar-refractivity contribution in [2.75, 3.05) is 0 Å². The Kier molecular flexibility index (Phi) is 4.94. The lowest BCUT2D eigenvalue weighted by Gasteiger charge is -2.10. The summed E-state index contributed by atoms with van der Waals surface area (Å²) in [4.78, 5) is 0.294. The molecule has 0 heterocycles. The molecule has 0 aliphatic carbocycles. The van der Waals surface area contributed by atoms with Crippen LogP contribution in [0.5, 0.6) is 0 Å². The van der Waals surface area contributed by atoms with Crippen LogP contribution in [-0.2, 0) is 16.6 Å². The van der Waals surface area contributed by atoms with E-state index >= 15 is 0 Å². The number of benzene rings is 2. The van der Waals surface area contributed by atoms with Crippen LogP contribution in [0.25, 0.3) is 0 Å². The molecule has 2 aromatic carbocycles. The maximum absolute atomic E-state index is 12.4. The van der Waals surface area contributed by atoms with Crippen LogP contribution in [0.1, 0.15) is 16.7 Å². The molecule has 0 unspecified atom stereocenters. The quantitative estimate of drug-likeness (QED) is 0.908. The van der Waals surface area contributed by atoms with E-state index in [1.807, 2.05) is 13.0 Å². The molecule has 0 amide bonds. The molecule has 1 N–H and O–H groups in total. The Morgan fingerprint density at radius 3 is 2.38 bits per heavy atom. The molecule has 0 spiro atoms. The Morgan fingerprint density at radius 2 is 1.71 bits per heavy atom. The monoisotopic (exact) mass is 343 g/mol. The summed E-state index contributed by atoms with van der Waals surface area (Å²) < 4.78 is 27.3. The van der Waals surface area contributed by atoms with Gasteiger partial charge in [0.05, 0.1) is 14.9 Å². The standard InChI is InChI=1S/C15H15Cl2NO2S/c1-10-3-4-11(2)15(7-10)21(19,20)18-9-12-5-6-13(16)14(17)8-12/h3-8,18H,9H2,1-2H3. The topological polar surface area (TPSA) is 46.2 Å². The summed E-state index contributed by atoms with van der Waals surface area (Å²) in [5.74, 6) is 0. The second kappa shape index (κ2) is 6.36. The van der Waals surface area contributed by atoms with E-state index in [4.69, 9.17) is 23.2 Å². The largest absolute Gasteiger partial charge is 0.241 e. The van der Waals surface area contributed by atoms with Gasteiger partial charge in [0.2, 0.25) is 10.0 Å². The first-order chi connectivity index (χ1) is 9.79. The smallest absolute Gasteiger partial charge is 0.207 e. The van der Waals surface area contributed by atoms with Gasteiger partial charge in [0, 0.05) is 6.54 Å². The zero-order valence-corrected chi connectivity index (χ0v) is 14.0. The van der Waals surface area contributed by atoms with E-state index in [1.165, 1.54) is 0 Å². The highest BCUT2D eigenvalue weighted by molar-refractivity contribution is 7.89. The Hall–Kier alpha value is -1.07. The highest BCUT2D eigenvalue weighted by Crippen LogP contribution is 2.23. The Labute approximate surface area is 135 Å². The molecule has 0 aliphatic rings. The first kappa shape index (κ1) is 16.3. The molecule has 0 atom stereocenters. The van der Waals surface area contributed by atoms with Crippen molar-refractivity contribution in [3.8, 4) is 0 Å². The van der Waals surface area contributed by atoms with Crippen molar-refractivity contribution in [3.05, 3.63) is 63.1 Å². The summed E-state index contributed by atoms with van der Waals surface area (Å²) in [5, 5.41) is 0.845. The van der Waals surface area contributed by atoms with E-state index in [1.54, 1.807) is 37.3 Å². The number of hydrogen-bond donors (Lipinski definition) is 1. The number of sulfonamides is 1. The minimum Gasteiger partial charge on any atom is -0.207 e. The third kappa shape index (κ3) is 3.98. The molecule has 0 saturated heterocycles. The van der Waals surface area contributed by atoms with Crippen LogP contribution >= 0.6 is 23.2 Å². The lowest BCUT2D eigenvalue weighted by Crippen LogP contribution is -2.24. The fourth-order valence-electron chi connectivity index (χ4n) is 1.90. The van der Waals surface area contributed by atoms with Crippen LogP contribution in [0.2, 0.25) is 10.0 Å². The van der Waals surface area contributed by atoms with Gasteiger partial charge in [0.15, 0.2) is 0 Å². The van der Waals surface area contributed by atoms with Gasteiger partial charge in [0.25, 0.3) is 0 Å². The summed E-state index contributed by atoms with van der Waals surface area (Å²) in [5.41, 5.74) is 2.36. The van der Waals surface area contributed by atoms with Gasteiger partial charge >= 0.3 is 0 Å². The highest BCUT2D eigenvalue weighted by atomic mass is 35.5. The molecule has 3 nitrogen and oxygen atoms in total. The molecule has 0 fully saturated rings. The Balaban J connectivity index is 2.21. The van der Waals surface area contributed by atoms with Gasteiger partial charge in [-0.3, -0.25) is 0 Å². The number of halogens is 2. The molecule has 0 saturated carbocycles. The second-order valence-electron chi connectivity index (χ2n) is 4.84. The molecule has 2 rings (SSSR count). The fraction of sp³-hybridized carbons (Fsp3) is 0.200. The van der Waals surface area contributed by atoms with Crippen LogP contribution in [0.15, 0.2) is 41.3 Å². The third-order valence-electron chi connectivity index (χ3n) is 3.08. The summed E-state index contributed by atoms with van der Waals surface area (Å²) in [6.07, 6.45) is 0. The van der Waals surface area contributed by atoms with Crippen molar-refractivity contribution in [1.82, 2.24) is 4.72 Å². The van der Waals surface area contributed by atoms with Crippen LogP contribution in [0, 0.1) is 13.8 Å². The van der Waals surface area contributed by atoms with Crippen LogP contribution in [-0.4, -0.2) is 8.42 Å². The van der Waals surface area contributed by atoms with E-state index in [0.29, 0.717) is 20.5 Å². The van der Waals surface area contributed by atoms with Crippen LogP contribution in [0.3, 0.4) is 0 Å². The van der Waals surface area contributed by atoms with E-state index in [0.717, 1.165) is 11.1 Å². The van der Waals surface area contributed by atoms with Gasteiger partial charge in [-0.15, -0.1) is 0 Å². The molecule has 2 aromatic rings. The van der Waals surface area contributed by atoms with E-state index < -0.39 is 10.0 Å². The SMILES string of the molecule is Cc1ccc(C)c(S(=O)(=O)NCc2ccc(Cl)c(Cl)c2)c1. The molecule has 6 heteroatoms. The predicted molar refractivity (Wildman–Crippen MR) is 86.4 cm³/mol. The molecule has 112 valence electrons. The minimum absolute atomic E-state index is 0.159. The number of rotatable bonds is 4. The van der Waals surface area contributed by atoms with Crippen molar-refractivity contribution in [2.45, 2.75) is 25.3 Å². The molecular weight excluding hydrogens is 329 g/mol. The minimum atomic E-state index is -3.56. The maximum Gasteiger partial charge on any atom is 0.241 e. The zero-order chi connectivity index (χ0) is 15.6.